The Bertz CT molecular complexity index is 648. The summed E-state index contributed by atoms with van der Waals surface area (Å²) in [6, 6.07) is 4.96. The van der Waals surface area contributed by atoms with Crippen molar-refractivity contribution in [2.75, 3.05) is 11.9 Å². The zero-order chi connectivity index (χ0) is 14.7. The Morgan fingerprint density at radius 3 is 2.70 bits per heavy atom. The summed E-state index contributed by atoms with van der Waals surface area (Å²) in [6.07, 6.45) is 0.548. The highest BCUT2D eigenvalue weighted by atomic mass is 35.5. The van der Waals surface area contributed by atoms with Crippen molar-refractivity contribution in [3.63, 3.8) is 0 Å². The largest absolute Gasteiger partial charge is 0.379 e. The summed E-state index contributed by atoms with van der Waals surface area (Å²) in [5, 5.41) is 13.5. The van der Waals surface area contributed by atoms with E-state index in [1.807, 2.05) is 6.07 Å². The van der Waals surface area contributed by atoms with Crippen molar-refractivity contribution >= 4 is 34.3 Å². The second-order valence-corrected chi connectivity index (χ2v) is 5.72. The third-order valence-electron chi connectivity index (χ3n) is 2.53. The van der Waals surface area contributed by atoms with E-state index in [1.165, 1.54) is 11.3 Å². The van der Waals surface area contributed by atoms with Crippen molar-refractivity contribution in [3.05, 3.63) is 55.2 Å². The van der Waals surface area contributed by atoms with Crippen molar-refractivity contribution < 1.29 is 13.7 Å². The van der Waals surface area contributed by atoms with Gasteiger partial charge < -0.3 is 5.32 Å². The molecule has 0 radical (unpaired) electrons. The second-order valence-electron chi connectivity index (χ2n) is 3.92. The van der Waals surface area contributed by atoms with Crippen LogP contribution in [-0.2, 0) is 6.42 Å². The summed E-state index contributed by atoms with van der Waals surface area (Å²) in [7, 11) is 0. The molecule has 1 aromatic heterocycles. The van der Waals surface area contributed by atoms with Gasteiger partial charge in [-0.2, -0.15) is 4.39 Å². The fourth-order valence-corrected chi connectivity index (χ4v) is 2.78. The zero-order valence-corrected chi connectivity index (χ0v) is 11.6. The van der Waals surface area contributed by atoms with E-state index in [0.29, 0.717) is 23.4 Å². The zero-order valence-electron chi connectivity index (χ0n) is 10.0. The van der Waals surface area contributed by atoms with Gasteiger partial charge in [0.15, 0.2) is 0 Å². The van der Waals surface area contributed by atoms with Gasteiger partial charge in [0.25, 0.3) is 0 Å². The number of nitrogens with zero attached hydrogens (tertiary/aromatic N) is 1. The molecule has 0 saturated heterocycles. The van der Waals surface area contributed by atoms with Crippen LogP contribution in [0.25, 0.3) is 0 Å². The van der Waals surface area contributed by atoms with Crippen LogP contribution in [0.15, 0.2) is 24.3 Å². The van der Waals surface area contributed by atoms with E-state index in [9.17, 15) is 18.9 Å². The average molecular weight is 319 g/mol. The van der Waals surface area contributed by atoms with Crippen LogP contribution in [0, 0.1) is 21.7 Å². The lowest BCUT2D eigenvalue weighted by atomic mass is 10.2. The van der Waals surface area contributed by atoms with E-state index in [0.717, 1.165) is 10.9 Å². The predicted octanol–water partition coefficient (Wildman–Crippen LogP) is 4.24. The fourth-order valence-electron chi connectivity index (χ4n) is 1.69. The van der Waals surface area contributed by atoms with Crippen molar-refractivity contribution in [3.8, 4) is 0 Å². The Hall–Kier alpha value is -1.73. The number of hydrogen-bond donors (Lipinski definition) is 1. The van der Waals surface area contributed by atoms with Gasteiger partial charge in [0.1, 0.15) is 11.5 Å². The van der Waals surface area contributed by atoms with E-state index in [4.69, 9.17) is 11.6 Å². The van der Waals surface area contributed by atoms with Crippen molar-refractivity contribution in [1.82, 2.24) is 0 Å². The van der Waals surface area contributed by atoms with Gasteiger partial charge in [-0.05, 0) is 18.6 Å². The standard InChI is InChI=1S/C12H9ClF2N2O2S/c13-11-2-1-8(20-11)3-4-16-10-6-7(14)5-9(15)12(10)17(18)19/h1-2,5-6,16H,3-4H2. The lowest BCUT2D eigenvalue weighted by molar-refractivity contribution is -0.386. The van der Waals surface area contributed by atoms with Gasteiger partial charge >= 0.3 is 5.69 Å². The maximum absolute atomic E-state index is 13.4. The Morgan fingerprint density at radius 1 is 1.35 bits per heavy atom. The molecule has 0 spiro atoms. The summed E-state index contributed by atoms with van der Waals surface area (Å²) in [4.78, 5) is 10.9. The van der Waals surface area contributed by atoms with Crippen LogP contribution in [0.1, 0.15) is 4.88 Å². The summed E-state index contributed by atoms with van der Waals surface area (Å²) < 4.78 is 27.1. The van der Waals surface area contributed by atoms with Crippen molar-refractivity contribution in [1.29, 1.82) is 0 Å². The van der Waals surface area contributed by atoms with Gasteiger partial charge in [-0.15, -0.1) is 11.3 Å². The number of hydrogen-bond acceptors (Lipinski definition) is 4. The number of thiophene rings is 1. The molecule has 0 atom stereocenters. The first kappa shape index (κ1) is 14.7. The minimum absolute atomic E-state index is 0.171. The minimum atomic E-state index is -1.20. The van der Waals surface area contributed by atoms with Gasteiger partial charge in [-0.1, -0.05) is 11.6 Å². The molecule has 0 unspecified atom stereocenters. The molecule has 20 heavy (non-hydrogen) atoms. The molecule has 8 heteroatoms. The number of halogens is 3. The second kappa shape index (κ2) is 6.15. The number of rotatable bonds is 5. The lowest BCUT2D eigenvalue weighted by Gasteiger charge is -2.07. The van der Waals surface area contributed by atoms with Gasteiger partial charge in [0, 0.05) is 23.6 Å². The molecular weight excluding hydrogens is 310 g/mol. The first-order valence-electron chi connectivity index (χ1n) is 5.59. The minimum Gasteiger partial charge on any atom is -0.379 e. The monoisotopic (exact) mass is 318 g/mol. The molecular formula is C12H9ClF2N2O2S. The third-order valence-corrected chi connectivity index (χ3v) is 3.82. The van der Waals surface area contributed by atoms with E-state index in [2.05, 4.69) is 5.32 Å². The number of anilines is 1. The Morgan fingerprint density at radius 2 is 2.10 bits per heavy atom. The van der Waals surface area contributed by atoms with Gasteiger partial charge in [-0.3, -0.25) is 10.1 Å². The van der Waals surface area contributed by atoms with Crippen molar-refractivity contribution in [2.45, 2.75) is 6.42 Å². The first-order chi connectivity index (χ1) is 9.47. The number of nitro groups is 1. The molecule has 2 aromatic rings. The SMILES string of the molecule is O=[N+]([O-])c1c(F)cc(F)cc1NCCc1ccc(Cl)s1. The normalized spacial score (nSPS) is 10.6. The van der Waals surface area contributed by atoms with Crippen LogP contribution < -0.4 is 5.32 Å². The van der Waals surface area contributed by atoms with Crippen LogP contribution in [0.2, 0.25) is 4.34 Å². The highest BCUT2D eigenvalue weighted by molar-refractivity contribution is 7.16. The van der Waals surface area contributed by atoms with Crippen LogP contribution in [0.5, 0.6) is 0 Å². The van der Waals surface area contributed by atoms with E-state index < -0.39 is 22.2 Å². The summed E-state index contributed by atoms with van der Waals surface area (Å²) in [5.41, 5.74) is -0.925. The molecule has 1 aromatic carbocycles. The highest BCUT2D eigenvalue weighted by Crippen LogP contribution is 2.29. The fraction of sp³-hybridized carbons (Fsp3) is 0.167. The Balaban J connectivity index is 2.10. The van der Waals surface area contributed by atoms with Gasteiger partial charge in [0.2, 0.25) is 5.82 Å². The first-order valence-corrected chi connectivity index (χ1v) is 6.78. The summed E-state index contributed by atoms with van der Waals surface area (Å²) in [6.45, 7) is 0.306. The summed E-state index contributed by atoms with van der Waals surface area (Å²) in [5.74, 6) is -2.06. The predicted molar refractivity (Wildman–Crippen MR) is 74.5 cm³/mol. The van der Waals surface area contributed by atoms with Crippen LogP contribution in [-0.4, -0.2) is 11.5 Å². The molecule has 1 N–H and O–H groups in total. The smallest absolute Gasteiger partial charge is 0.327 e. The number of nitrogens with one attached hydrogen (secondary N) is 1. The molecule has 0 amide bonds. The molecule has 4 nitrogen and oxygen atoms in total. The van der Waals surface area contributed by atoms with Crippen LogP contribution in [0.4, 0.5) is 20.2 Å². The van der Waals surface area contributed by atoms with E-state index >= 15 is 0 Å². The number of nitro benzene ring substituents is 1. The van der Waals surface area contributed by atoms with E-state index in [-0.39, 0.29) is 5.69 Å². The van der Waals surface area contributed by atoms with E-state index in [1.54, 1.807) is 6.07 Å². The molecule has 0 aliphatic carbocycles. The molecule has 0 fully saturated rings. The molecule has 106 valence electrons. The van der Waals surface area contributed by atoms with Crippen LogP contribution in [0.3, 0.4) is 0 Å². The Labute approximate surface area is 122 Å². The molecule has 0 bridgehead atoms. The quantitative estimate of drug-likeness (QED) is 0.662. The highest BCUT2D eigenvalue weighted by Gasteiger charge is 2.21. The topological polar surface area (TPSA) is 55.2 Å². The molecule has 0 saturated carbocycles. The average Bonchev–Trinajstić information content (AvgIpc) is 2.73. The summed E-state index contributed by atoms with van der Waals surface area (Å²) >= 11 is 7.16. The van der Waals surface area contributed by atoms with Gasteiger partial charge in [0.05, 0.1) is 9.26 Å². The molecule has 0 aliphatic heterocycles. The maximum Gasteiger partial charge on any atom is 0.327 e. The van der Waals surface area contributed by atoms with Crippen LogP contribution >= 0.6 is 22.9 Å². The molecule has 2 rings (SSSR count). The third kappa shape index (κ3) is 3.43. The Kier molecular flexibility index (Phi) is 4.51. The lowest BCUT2D eigenvalue weighted by Crippen LogP contribution is -2.08. The molecule has 1 heterocycles. The maximum atomic E-state index is 13.4. The number of benzene rings is 1. The van der Waals surface area contributed by atoms with Crippen molar-refractivity contribution in [2.24, 2.45) is 0 Å². The molecule has 0 aliphatic rings. The van der Waals surface area contributed by atoms with Gasteiger partial charge in [-0.25, -0.2) is 4.39 Å².